The van der Waals surface area contributed by atoms with Gasteiger partial charge in [-0.15, -0.1) is 0 Å². The molecule has 0 bridgehead atoms. The summed E-state index contributed by atoms with van der Waals surface area (Å²) in [6.45, 7) is 5.14. The fraction of sp³-hybridized carbons (Fsp3) is 0.692. The fourth-order valence-electron chi connectivity index (χ4n) is 2.43. The Morgan fingerprint density at radius 2 is 1.90 bits per heavy atom. The smallest absolute Gasteiger partial charge is 0.244 e. The first-order valence-electron chi connectivity index (χ1n) is 6.97. The Labute approximate surface area is 120 Å². The van der Waals surface area contributed by atoms with Crippen LogP contribution in [0.3, 0.4) is 0 Å². The number of aryl methyl sites for hydroxylation is 1. The van der Waals surface area contributed by atoms with Gasteiger partial charge in [-0.25, -0.2) is 8.42 Å². The lowest BCUT2D eigenvalue weighted by molar-refractivity contribution is 0.222. The largest absolute Gasteiger partial charge is 0.390 e. The van der Waals surface area contributed by atoms with E-state index in [0.717, 1.165) is 19.5 Å². The number of nitrogens with zero attached hydrogens (tertiary/aromatic N) is 3. The third-order valence-corrected chi connectivity index (χ3v) is 5.55. The molecule has 1 saturated heterocycles. The second kappa shape index (κ2) is 6.26. The monoisotopic (exact) mass is 301 g/mol. The van der Waals surface area contributed by atoms with E-state index in [1.807, 2.05) is 18.5 Å². The topological polar surface area (TPSA) is 65.8 Å². The number of hydrogen-bond acceptors (Lipinski definition) is 4. The van der Waals surface area contributed by atoms with Crippen LogP contribution in [0.4, 0.5) is 0 Å². The SMILES string of the molecule is CCCn1cc(S(=O)(=O)N2CCN(C)CC2)cc1CO. The van der Waals surface area contributed by atoms with Crippen LogP contribution in [0, 0.1) is 0 Å². The predicted octanol–water partition coefficient (Wildman–Crippen LogP) is 0.326. The van der Waals surface area contributed by atoms with Gasteiger partial charge in [-0.1, -0.05) is 6.92 Å². The molecule has 0 aliphatic carbocycles. The Kier molecular flexibility index (Phi) is 4.85. The summed E-state index contributed by atoms with van der Waals surface area (Å²) >= 11 is 0. The van der Waals surface area contributed by atoms with E-state index < -0.39 is 10.0 Å². The molecule has 0 saturated carbocycles. The van der Waals surface area contributed by atoms with Crippen LogP contribution in [0.2, 0.25) is 0 Å². The molecule has 1 aliphatic heterocycles. The Morgan fingerprint density at radius 1 is 1.25 bits per heavy atom. The first-order valence-corrected chi connectivity index (χ1v) is 8.41. The molecule has 2 rings (SSSR count). The molecule has 0 spiro atoms. The van der Waals surface area contributed by atoms with Crippen LogP contribution in [0.1, 0.15) is 19.0 Å². The third kappa shape index (κ3) is 3.06. The highest BCUT2D eigenvalue weighted by atomic mass is 32.2. The molecular formula is C13H23N3O3S. The van der Waals surface area contributed by atoms with Crippen molar-refractivity contribution in [3.63, 3.8) is 0 Å². The minimum absolute atomic E-state index is 0.141. The second-order valence-corrected chi connectivity index (χ2v) is 7.16. The Morgan fingerprint density at radius 3 is 2.45 bits per heavy atom. The maximum atomic E-state index is 12.6. The first-order chi connectivity index (χ1) is 9.48. The van der Waals surface area contributed by atoms with Gasteiger partial charge in [0.1, 0.15) is 4.90 Å². The van der Waals surface area contributed by atoms with Crippen molar-refractivity contribution in [1.82, 2.24) is 13.8 Å². The summed E-state index contributed by atoms with van der Waals surface area (Å²) in [5.41, 5.74) is 0.652. The number of rotatable bonds is 5. The molecule has 0 unspecified atom stereocenters. The lowest BCUT2D eigenvalue weighted by Crippen LogP contribution is -2.46. The molecule has 6 nitrogen and oxygen atoms in total. The number of aliphatic hydroxyl groups is 1. The van der Waals surface area contributed by atoms with Gasteiger partial charge < -0.3 is 14.6 Å². The number of aromatic nitrogens is 1. The van der Waals surface area contributed by atoms with Crippen LogP contribution < -0.4 is 0 Å². The molecule has 1 aromatic heterocycles. The molecule has 7 heteroatoms. The molecule has 2 heterocycles. The summed E-state index contributed by atoms with van der Waals surface area (Å²) in [6.07, 6.45) is 2.54. The Hall–Kier alpha value is -0.890. The van der Waals surface area contributed by atoms with Crippen LogP contribution in [-0.2, 0) is 23.2 Å². The Balaban J connectivity index is 2.25. The van der Waals surface area contributed by atoms with Gasteiger partial charge in [-0.3, -0.25) is 0 Å². The molecule has 0 atom stereocenters. The highest BCUT2D eigenvalue weighted by Crippen LogP contribution is 2.20. The molecule has 114 valence electrons. The molecule has 0 aromatic carbocycles. The van der Waals surface area contributed by atoms with Gasteiger partial charge >= 0.3 is 0 Å². The quantitative estimate of drug-likeness (QED) is 0.851. The van der Waals surface area contributed by atoms with Crippen molar-refractivity contribution in [2.75, 3.05) is 33.2 Å². The number of likely N-dealkylation sites (N-methyl/N-ethyl adjacent to an activating group) is 1. The average Bonchev–Trinajstić information content (AvgIpc) is 2.83. The van der Waals surface area contributed by atoms with Gasteiger partial charge in [0, 0.05) is 44.6 Å². The summed E-state index contributed by atoms with van der Waals surface area (Å²) in [5, 5.41) is 9.33. The molecule has 0 radical (unpaired) electrons. The highest BCUT2D eigenvalue weighted by molar-refractivity contribution is 7.89. The van der Waals surface area contributed by atoms with Gasteiger partial charge in [0.15, 0.2) is 0 Å². The van der Waals surface area contributed by atoms with E-state index in [0.29, 0.717) is 30.2 Å². The average molecular weight is 301 g/mol. The lowest BCUT2D eigenvalue weighted by Gasteiger charge is -2.31. The maximum absolute atomic E-state index is 12.6. The van der Waals surface area contributed by atoms with Crippen molar-refractivity contribution in [2.24, 2.45) is 0 Å². The number of hydrogen-bond donors (Lipinski definition) is 1. The van der Waals surface area contributed by atoms with E-state index in [9.17, 15) is 13.5 Å². The minimum atomic E-state index is -3.44. The third-order valence-electron chi connectivity index (χ3n) is 3.69. The van der Waals surface area contributed by atoms with E-state index in [2.05, 4.69) is 4.90 Å². The van der Waals surface area contributed by atoms with E-state index in [1.165, 1.54) is 4.31 Å². The molecule has 0 amide bonds. The van der Waals surface area contributed by atoms with Crippen molar-refractivity contribution >= 4 is 10.0 Å². The van der Waals surface area contributed by atoms with Crippen LogP contribution in [0.25, 0.3) is 0 Å². The molecular weight excluding hydrogens is 278 g/mol. The minimum Gasteiger partial charge on any atom is -0.390 e. The Bertz CT molecular complexity index is 545. The maximum Gasteiger partial charge on any atom is 0.244 e. The van der Waals surface area contributed by atoms with E-state index in [-0.39, 0.29) is 6.61 Å². The zero-order valence-corrected chi connectivity index (χ0v) is 12.9. The molecule has 20 heavy (non-hydrogen) atoms. The van der Waals surface area contributed by atoms with Crippen molar-refractivity contribution in [1.29, 1.82) is 0 Å². The molecule has 1 N–H and O–H groups in total. The van der Waals surface area contributed by atoms with Crippen molar-refractivity contribution in [3.8, 4) is 0 Å². The van der Waals surface area contributed by atoms with Gasteiger partial charge in [0.2, 0.25) is 10.0 Å². The van der Waals surface area contributed by atoms with E-state index in [1.54, 1.807) is 12.3 Å². The normalized spacial score (nSPS) is 18.6. The summed E-state index contributed by atoms with van der Waals surface area (Å²) in [6, 6.07) is 1.59. The summed E-state index contributed by atoms with van der Waals surface area (Å²) in [5.74, 6) is 0. The lowest BCUT2D eigenvalue weighted by atomic mass is 10.4. The van der Waals surface area contributed by atoms with Crippen molar-refractivity contribution in [2.45, 2.75) is 31.4 Å². The number of sulfonamides is 1. The first kappa shape index (κ1) is 15.5. The summed E-state index contributed by atoms with van der Waals surface area (Å²) in [7, 11) is -1.45. The second-order valence-electron chi connectivity index (χ2n) is 5.23. The molecule has 1 aromatic rings. The summed E-state index contributed by atoms with van der Waals surface area (Å²) < 4.78 is 28.5. The summed E-state index contributed by atoms with van der Waals surface area (Å²) in [4.78, 5) is 2.41. The van der Waals surface area contributed by atoms with Crippen LogP contribution in [0.15, 0.2) is 17.2 Å². The van der Waals surface area contributed by atoms with Crippen LogP contribution in [-0.4, -0.2) is 60.5 Å². The van der Waals surface area contributed by atoms with E-state index in [4.69, 9.17) is 0 Å². The fourth-order valence-corrected chi connectivity index (χ4v) is 3.91. The highest BCUT2D eigenvalue weighted by Gasteiger charge is 2.28. The van der Waals surface area contributed by atoms with Crippen molar-refractivity contribution < 1.29 is 13.5 Å². The van der Waals surface area contributed by atoms with Gasteiger partial charge in [-0.2, -0.15) is 4.31 Å². The molecule has 1 aliphatic rings. The zero-order chi connectivity index (χ0) is 14.8. The number of piperazine rings is 1. The zero-order valence-electron chi connectivity index (χ0n) is 12.1. The van der Waals surface area contributed by atoms with Crippen molar-refractivity contribution in [3.05, 3.63) is 18.0 Å². The van der Waals surface area contributed by atoms with E-state index >= 15 is 0 Å². The van der Waals surface area contributed by atoms with Gasteiger partial charge in [-0.05, 0) is 19.5 Å². The van der Waals surface area contributed by atoms with Crippen LogP contribution >= 0.6 is 0 Å². The standard InChI is InChI=1S/C13H23N3O3S/c1-3-4-15-10-13(9-12(15)11-17)20(18,19)16-7-5-14(2)6-8-16/h9-10,17H,3-8,11H2,1-2H3. The van der Waals surface area contributed by atoms with Gasteiger partial charge in [0.05, 0.1) is 6.61 Å². The van der Waals surface area contributed by atoms with Gasteiger partial charge in [0.25, 0.3) is 0 Å². The predicted molar refractivity (Wildman–Crippen MR) is 76.9 cm³/mol. The number of aliphatic hydroxyl groups excluding tert-OH is 1. The molecule has 1 fully saturated rings. The van der Waals surface area contributed by atoms with Crippen LogP contribution in [0.5, 0.6) is 0 Å².